The van der Waals surface area contributed by atoms with Gasteiger partial charge < -0.3 is 15.4 Å². The summed E-state index contributed by atoms with van der Waals surface area (Å²) in [6, 6.07) is 3.16. The summed E-state index contributed by atoms with van der Waals surface area (Å²) >= 11 is 0. The molecule has 2 aliphatic heterocycles. The Kier molecular flexibility index (Phi) is 2.72. The van der Waals surface area contributed by atoms with Crippen LogP contribution in [0.2, 0.25) is 0 Å². The molecule has 3 heterocycles. The van der Waals surface area contributed by atoms with Crippen molar-refractivity contribution < 1.29 is 9.13 Å². The van der Waals surface area contributed by atoms with Gasteiger partial charge >= 0.3 is 0 Å². The zero-order valence-electron chi connectivity index (χ0n) is 9.58. The highest BCUT2D eigenvalue weighted by atomic mass is 19.1. The van der Waals surface area contributed by atoms with Gasteiger partial charge in [-0.15, -0.1) is 0 Å². The molecular weight excluding hydrogens is 221 g/mol. The predicted molar refractivity (Wildman–Crippen MR) is 62.4 cm³/mol. The molecule has 2 atom stereocenters. The zero-order chi connectivity index (χ0) is 11.7. The third kappa shape index (κ3) is 2.12. The zero-order valence-corrected chi connectivity index (χ0v) is 9.58. The molecule has 0 saturated carbocycles. The van der Waals surface area contributed by atoms with Crippen LogP contribution in [-0.2, 0) is 4.74 Å². The second-order valence-corrected chi connectivity index (χ2v) is 4.80. The molecule has 0 amide bonds. The van der Waals surface area contributed by atoms with Gasteiger partial charge in [-0.3, -0.25) is 0 Å². The van der Waals surface area contributed by atoms with Gasteiger partial charge in [0.2, 0.25) is 0 Å². The third-order valence-corrected chi connectivity index (χ3v) is 3.51. The lowest BCUT2D eigenvalue weighted by Crippen LogP contribution is -2.31. The van der Waals surface area contributed by atoms with E-state index in [1.54, 1.807) is 12.3 Å². The van der Waals surface area contributed by atoms with Crippen molar-refractivity contribution >= 4 is 5.82 Å². The topological polar surface area (TPSA) is 46.2 Å². The van der Waals surface area contributed by atoms with Crippen LogP contribution >= 0.6 is 0 Å². The Balaban J connectivity index is 1.66. The molecule has 0 aliphatic carbocycles. The van der Waals surface area contributed by atoms with E-state index >= 15 is 0 Å². The van der Waals surface area contributed by atoms with Gasteiger partial charge in [0.1, 0.15) is 0 Å². The van der Waals surface area contributed by atoms with Crippen molar-refractivity contribution in [3.8, 4) is 0 Å². The summed E-state index contributed by atoms with van der Waals surface area (Å²) in [7, 11) is 0. The molecule has 2 fully saturated rings. The van der Waals surface area contributed by atoms with Gasteiger partial charge in [-0.05, 0) is 25.1 Å². The fraction of sp³-hybridized carbons (Fsp3) is 0.583. The van der Waals surface area contributed by atoms with Crippen LogP contribution in [0.3, 0.4) is 0 Å². The van der Waals surface area contributed by atoms with Crippen molar-refractivity contribution in [3.05, 3.63) is 24.1 Å². The molecule has 17 heavy (non-hydrogen) atoms. The van der Waals surface area contributed by atoms with Gasteiger partial charge in [-0.25, -0.2) is 9.37 Å². The highest BCUT2D eigenvalue weighted by Crippen LogP contribution is 2.32. The summed E-state index contributed by atoms with van der Waals surface area (Å²) in [6.07, 6.45) is 3.54. The van der Waals surface area contributed by atoms with Gasteiger partial charge in [0, 0.05) is 19.2 Å². The minimum Gasteiger partial charge on any atom is -0.371 e. The number of hydrogen-bond acceptors (Lipinski definition) is 4. The second kappa shape index (κ2) is 4.23. The van der Waals surface area contributed by atoms with E-state index in [1.807, 2.05) is 0 Å². The third-order valence-electron chi connectivity index (χ3n) is 3.51. The van der Waals surface area contributed by atoms with E-state index in [1.165, 1.54) is 6.07 Å². The molecule has 3 rings (SSSR count). The van der Waals surface area contributed by atoms with E-state index in [0.717, 1.165) is 25.9 Å². The van der Waals surface area contributed by atoms with E-state index in [0.29, 0.717) is 12.4 Å². The maximum absolute atomic E-state index is 13.4. The highest BCUT2D eigenvalue weighted by Gasteiger charge is 2.42. The summed E-state index contributed by atoms with van der Waals surface area (Å²) in [5, 5.41) is 6.43. The lowest BCUT2D eigenvalue weighted by atomic mass is 9.97. The Bertz CT molecular complexity index is 406. The van der Waals surface area contributed by atoms with E-state index in [-0.39, 0.29) is 17.5 Å². The standard InChI is InChI=1S/C12H16FN3O/c13-10-2-1-4-15-11(10)16-9-6-12(17-7-9)3-5-14-8-12/h1-2,4,9,14H,3,5-8H2,(H,15,16)/t9-,12-/m0/s1. The van der Waals surface area contributed by atoms with Crippen molar-refractivity contribution in [2.24, 2.45) is 0 Å². The van der Waals surface area contributed by atoms with E-state index in [4.69, 9.17) is 4.74 Å². The summed E-state index contributed by atoms with van der Waals surface area (Å²) < 4.78 is 19.3. The lowest BCUT2D eigenvalue weighted by Gasteiger charge is -2.20. The summed E-state index contributed by atoms with van der Waals surface area (Å²) in [5.41, 5.74) is -0.0388. The summed E-state index contributed by atoms with van der Waals surface area (Å²) in [6.45, 7) is 2.53. The summed E-state index contributed by atoms with van der Waals surface area (Å²) in [5.74, 6) is 0.0158. The SMILES string of the molecule is Fc1cccnc1N[C@@H]1CO[C@@]2(CCNC2)C1. The number of nitrogens with one attached hydrogen (secondary N) is 2. The molecule has 5 heteroatoms. The average Bonchev–Trinajstić information content (AvgIpc) is 2.94. The van der Waals surface area contributed by atoms with E-state index in [9.17, 15) is 4.39 Å². The average molecular weight is 237 g/mol. The van der Waals surface area contributed by atoms with Gasteiger partial charge in [-0.2, -0.15) is 0 Å². The molecule has 2 saturated heterocycles. The molecule has 1 spiro atoms. The first-order chi connectivity index (χ1) is 8.27. The summed E-state index contributed by atoms with van der Waals surface area (Å²) in [4.78, 5) is 4.00. The van der Waals surface area contributed by atoms with Gasteiger partial charge in [-0.1, -0.05) is 0 Å². The van der Waals surface area contributed by atoms with Crippen LogP contribution in [0.1, 0.15) is 12.8 Å². The van der Waals surface area contributed by atoms with E-state index < -0.39 is 0 Å². The van der Waals surface area contributed by atoms with E-state index in [2.05, 4.69) is 15.6 Å². The molecule has 1 aromatic heterocycles. The van der Waals surface area contributed by atoms with Crippen molar-refractivity contribution in [1.29, 1.82) is 0 Å². The van der Waals surface area contributed by atoms with Gasteiger partial charge in [0.25, 0.3) is 0 Å². The lowest BCUT2D eigenvalue weighted by molar-refractivity contribution is 0.0214. The maximum atomic E-state index is 13.4. The number of anilines is 1. The van der Waals surface area contributed by atoms with Crippen LogP contribution < -0.4 is 10.6 Å². The number of ether oxygens (including phenoxy) is 1. The molecule has 0 unspecified atom stereocenters. The van der Waals surface area contributed by atoms with Crippen molar-refractivity contribution in [2.45, 2.75) is 24.5 Å². The number of aromatic nitrogens is 1. The first-order valence-electron chi connectivity index (χ1n) is 5.99. The number of pyridine rings is 1. The molecule has 1 aromatic rings. The Morgan fingerprint density at radius 3 is 3.29 bits per heavy atom. The molecule has 0 radical (unpaired) electrons. The second-order valence-electron chi connectivity index (χ2n) is 4.80. The maximum Gasteiger partial charge on any atom is 0.165 e. The molecule has 4 nitrogen and oxygen atoms in total. The van der Waals surface area contributed by atoms with Crippen LogP contribution in [0, 0.1) is 5.82 Å². The van der Waals surface area contributed by atoms with Crippen LogP contribution in [0.25, 0.3) is 0 Å². The molecule has 92 valence electrons. The quantitative estimate of drug-likeness (QED) is 0.810. The molecule has 0 aromatic carbocycles. The van der Waals surface area contributed by atoms with Crippen LogP contribution in [0.15, 0.2) is 18.3 Å². The normalized spacial score (nSPS) is 32.2. The Hall–Kier alpha value is -1.20. The van der Waals surface area contributed by atoms with Gasteiger partial charge in [0.15, 0.2) is 11.6 Å². The number of hydrogen-bond donors (Lipinski definition) is 2. The minimum atomic E-state index is -0.307. The number of halogens is 1. The number of nitrogens with zero attached hydrogens (tertiary/aromatic N) is 1. The Labute approximate surface area is 99.6 Å². The largest absolute Gasteiger partial charge is 0.371 e. The molecule has 2 N–H and O–H groups in total. The minimum absolute atomic E-state index is 0.0388. The predicted octanol–water partition coefficient (Wildman–Crippen LogP) is 1.15. The Morgan fingerprint density at radius 2 is 2.53 bits per heavy atom. The molecule has 2 aliphatic rings. The van der Waals surface area contributed by atoms with Gasteiger partial charge in [0.05, 0.1) is 18.2 Å². The monoisotopic (exact) mass is 237 g/mol. The molecule has 0 bridgehead atoms. The first-order valence-corrected chi connectivity index (χ1v) is 5.99. The Morgan fingerprint density at radius 1 is 1.59 bits per heavy atom. The van der Waals surface area contributed by atoms with Crippen molar-refractivity contribution in [1.82, 2.24) is 10.3 Å². The fourth-order valence-corrected chi connectivity index (χ4v) is 2.64. The van der Waals surface area contributed by atoms with Crippen LogP contribution in [0.4, 0.5) is 10.2 Å². The fourth-order valence-electron chi connectivity index (χ4n) is 2.64. The smallest absolute Gasteiger partial charge is 0.165 e. The van der Waals surface area contributed by atoms with Crippen LogP contribution in [-0.4, -0.2) is 36.3 Å². The van der Waals surface area contributed by atoms with Crippen LogP contribution in [0.5, 0.6) is 0 Å². The van der Waals surface area contributed by atoms with Crippen molar-refractivity contribution in [3.63, 3.8) is 0 Å². The number of rotatable bonds is 2. The van der Waals surface area contributed by atoms with Crippen molar-refractivity contribution in [2.75, 3.05) is 25.0 Å². The first kappa shape index (κ1) is 10.9. The molecular formula is C12H16FN3O. The highest BCUT2D eigenvalue weighted by molar-refractivity contribution is 5.37.